The van der Waals surface area contributed by atoms with Crippen molar-refractivity contribution in [3.63, 3.8) is 0 Å². The molecule has 6 rings (SSSR count). The SMILES string of the molecule is CCCOc1ccc(C2/C(=C(\O)c3ccc4c(c3)OCCO4)C(=O)C(=O)N2c2nc3ccc(OCC)cc3s2)cc1. The topological polar surface area (TPSA) is 107 Å². The molecule has 2 aliphatic heterocycles. The fourth-order valence-corrected chi connectivity index (χ4v) is 5.93. The van der Waals surface area contributed by atoms with Crippen molar-refractivity contribution in [2.45, 2.75) is 26.3 Å². The molecule has 9 nitrogen and oxygen atoms in total. The number of Topliss-reactive ketones (excluding diaryl/α,β-unsaturated/α-hetero) is 1. The average molecular weight is 573 g/mol. The van der Waals surface area contributed by atoms with Crippen LogP contribution in [-0.2, 0) is 9.59 Å². The van der Waals surface area contributed by atoms with Crippen molar-refractivity contribution in [2.75, 3.05) is 31.3 Å². The van der Waals surface area contributed by atoms with Gasteiger partial charge in [0.15, 0.2) is 16.6 Å². The lowest BCUT2D eigenvalue weighted by molar-refractivity contribution is -0.132. The number of aromatic nitrogens is 1. The van der Waals surface area contributed by atoms with Crippen LogP contribution >= 0.6 is 11.3 Å². The van der Waals surface area contributed by atoms with Crippen LogP contribution in [0.3, 0.4) is 0 Å². The normalized spacial score (nSPS) is 17.7. The molecule has 1 saturated heterocycles. The molecule has 0 radical (unpaired) electrons. The highest BCUT2D eigenvalue weighted by Crippen LogP contribution is 2.45. The zero-order chi connectivity index (χ0) is 28.5. The van der Waals surface area contributed by atoms with Crippen LogP contribution in [0, 0.1) is 0 Å². The Labute approximate surface area is 240 Å². The third-order valence-corrected chi connectivity index (χ3v) is 7.81. The maximum Gasteiger partial charge on any atom is 0.301 e. The summed E-state index contributed by atoms with van der Waals surface area (Å²) in [6.07, 6.45) is 0.861. The van der Waals surface area contributed by atoms with Gasteiger partial charge in [0.2, 0.25) is 0 Å². The summed E-state index contributed by atoms with van der Waals surface area (Å²) in [7, 11) is 0. The number of ketones is 1. The summed E-state index contributed by atoms with van der Waals surface area (Å²) in [5.74, 6) is 0.484. The van der Waals surface area contributed by atoms with E-state index < -0.39 is 17.7 Å². The van der Waals surface area contributed by atoms with E-state index in [1.165, 1.54) is 16.2 Å². The molecule has 2 aliphatic rings. The Kier molecular flexibility index (Phi) is 7.23. The fraction of sp³-hybridized carbons (Fsp3) is 0.258. The van der Waals surface area contributed by atoms with Gasteiger partial charge in [0, 0.05) is 5.56 Å². The van der Waals surface area contributed by atoms with E-state index in [2.05, 4.69) is 4.98 Å². The molecule has 1 N–H and O–H groups in total. The van der Waals surface area contributed by atoms with Gasteiger partial charge >= 0.3 is 5.91 Å². The third kappa shape index (κ3) is 4.95. The Hall–Kier alpha value is -4.57. The predicted molar refractivity (Wildman–Crippen MR) is 155 cm³/mol. The fourth-order valence-electron chi connectivity index (χ4n) is 4.91. The monoisotopic (exact) mass is 572 g/mol. The van der Waals surface area contributed by atoms with Crippen LogP contribution in [0.1, 0.15) is 37.4 Å². The van der Waals surface area contributed by atoms with Crippen LogP contribution in [0.4, 0.5) is 5.13 Å². The number of hydrogen-bond acceptors (Lipinski definition) is 9. The van der Waals surface area contributed by atoms with Crippen molar-refractivity contribution in [3.05, 3.63) is 77.4 Å². The lowest BCUT2D eigenvalue weighted by Gasteiger charge is -2.23. The van der Waals surface area contributed by atoms with Crippen LogP contribution in [0.15, 0.2) is 66.2 Å². The molecule has 1 unspecified atom stereocenters. The summed E-state index contributed by atoms with van der Waals surface area (Å²) < 4.78 is 23.4. The number of aliphatic hydroxyl groups is 1. The molecule has 1 fully saturated rings. The van der Waals surface area contributed by atoms with Gasteiger partial charge in [0.25, 0.3) is 5.78 Å². The molecule has 1 aromatic heterocycles. The molecule has 4 aromatic rings. The number of rotatable bonds is 8. The van der Waals surface area contributed by atoms with E-state index in [0.717, 1.165) is 11.1 Å². The minimum Gasteiger partial charge on any atom is -0.507 e. The molecule has 0 spiro atoms. The highest BCUT2D eigenvalue weighted by molar-refractivity contribution is 7.22. The van der Waals surface area contributed by atoms with E-state index in [0.29, 0.717) is 71.2 Å². The van der Waals surface area contributed by atoms with Crippen LogP contribution in [0.25, 0.3) is 16.0 Å². The Balaban J connectivity index is 1.48. The number of benzene rings is 3. The van der Waals surface area contributed by atoms with Crippen LogP contribution in [0.2, 0.25) is 0 Å². The maximum atomic E-state index is 13.6. The molecular formula is C31H28N2O7S. The van der Waals surface area contributed by atoms with Gasteiger partial charge < -0.3 is 24.1 Å². The van der Waals surface area contributed by atoms with Crippen molar-refractivity contribution in [2.24, 2.45) is 0 Å². The highest BCUT2D eigenvalue weighted by Gasteiger charge is 2.48. The summed E-state index contributed by atoms with van der Waals surface area (Å²) in [5.41, 5.74) is 1.60. The molecule has 0 saturated carbocycles. The Morgan fingerprint density at radius 1 is 0.976 bits per heavy atom. The van der Waals surface area contributed by atoms with E-state index >= 15 is 0 Å². The predicted octanol–water partition coefficient (Wildman–Crippen LogP) is 5.88. The lowest BCUT2D eigenvalue weighted by atomic mass is 9.95. The van der Waals surface area contributed by atoms with Crippen molar-refractivity contribution in [3.8, 4) is 23.0 Å². The average Bonchev–Trinajstić information content (AvgIpc) is 3.53. The minimum atomic E-state index is -0.921. The van der Waals surface area contributed by atoms with Gasteiger partial charge in [-0.15, -0.1) is 0 Å². The molecule has 3 aromatic carbocycles. The number of anilines is 1. The molecule has 41 heavy (non-hydrogen) atoms. The summed E-state index contributed by atoms with van der Waals surface area (Å²) in [6, 6.07) is 16.7. The van der Waals surface area contributed by atoms with Gasteiger partial charge in [0.1, 0.15) is 30.5 Å². The first-order valence-electron chi connectivity index (χ1n) is 13.5. The first-order chi connectivity index (χ1) is 20.0. The van der Waals surface area contributed by atoms with Crippen molar-refractivity contribution < 1.29 is 33.6 Å². The van der Waals surface area contributed by atoms with Gasteiger partial charge in [-0.1, -0.05) is 30.4 Å². The van der Waals surface area contributed by atoms with Crippen molar-refractivity contribution >= 4 is 44.1 Å². The van der Waals surface area contributed by atoms with Gasteiger partial charge in [-0.25, -0.2) is 4.98 Å². The number of carbonyl (C=O) groups excluding carboxylic acids is 2. The molecular weight excluding hydrogens is 544 g/mol. The van der Waals surface area contributed by atoms with E-state index in [-0.39, 0.29) is 11.3 Å². The van der Waals surface area contributed by atoms with Gasteiger partial charge in [-0.2, -0.15) is 0 Å². The van der Waals surface area contributed by atoms with Crippen LogP contribution < -0.4 is 23.8 Å². The summed E-state index contributed by atoms with van der Waals surface area (Å²) in [5, 5.41) is 11.9. The first kappa shape index (κ1) is 26.6. The number of nitrogens with zero attached hydrogens (tertiary/aromatic N) is 2. The van der Waals surface area contributed by atoms with E-state index in [4.69, 9.17) is 18.9 Å². The number of fused-ring (bicyclic) bond motifs is 2. The summed E-state index contributed by atoms with van der Waals surface area (Å²) in [6.45, 7) is 5.81. The molecule has 0 bridgehead atoms. The molecule has 1 amide bonds. The van der Waals surface area contributed by atoms with Gasteiger partial charge in [-0.3, -0.25) is 14.5 Å². The maximum absolute atomic E-state index is 13.6. The van der Waals surface area contributed by atoms with Gasteiger partial charge in [0.05, 0.1) is 35.0 Å². The molecule has 0 aliphatic carbocycles. The second-order valence-electron chi connectivity index (χ2n) is 9.50. The number of hydrogen-bond donors (Lipinski definition) is 1. The largest absolute Gasteiger partial charge is 0.507 e. The Bertz CT molecular complexity index is 1660. The lowest BCUT2D eigenvalue weighted by Crippen LogP contribution is -2.29. The Morgan fingerprint density at radius 3 is 2.49 bits per heavy atom. The van der Waals surface area contributed by atoms with Crippen molar-refractivity contribution in [1.82, 2.24) is 4.98 Å². The van der Waals surface area contributed by atoms with Crippen LogP contribution in [-0.4, -0.2) is 48.2 Å². The number of ether oxygens (including phenoxy) is 4. The first-order valence-corrected chi connectivity index (χ1v) is 14.3. The zero-order valence-electron chi connectivity index (χ0n) is 22.6. The quantitative estimate of drug-likeness (QED) is 0.158. The number of aliphatic hydroxyl groups excluding tert-OH is 1. The van der Waals surface area contributed by atoms with Crippen LogP contribution in [0.5, 0.6) is 23.0 Å². The van der Waals surface area contributed by atoms with Gasteiger partial charge in [-0.05, 0) is 67.4 Å². The summed E-state index contributed by atoms with van der Waals surface area (Å²) in [4.78, 5) is 33.3. The molecule has 210 valence electrons. The number of carbonyl (C=O) groups is 2. The molecule has 3 heterocycles. The third-order valence-electron chi connectivity index (χ3n) is 6.79. The number of amides is 1. The molecule has 1 atom stereocenters. The van der Waals surface area contributed by atoms with E-state index in [1.807, 2.05) is 32.0 Å². The minimum absolute atomic E-state index is 0.0387. The van der Waals surface area contributed by atoms with Crippen molar-refractivity contribution in [1.29, 1.82) is 0 Å². The molecule has 10 heteroatoms. The highest BCUT2D eigenvalue weighted by atomic mass is 32.1. The van der Waals surface area contributed by atoms with E-state index in [9.17, 15) is 14.7 Å². The summed E-state index contributed by atoms with van der Waals surface area (Å²) >= 11 is 1.28. The number of thiazole rings is 1. The second-order valence-corrected chi connectivity index (χ2v) is 10.5. The second kappa shape index (κ2) is 11.1. The zero-order valence-corrected chi connectivity index (χ0v) is 23.4. The Morgan fingerprint density at radius 2 is 1.73 bits per heavy atom. The standard InChI is InChI=1S/C31H28N2O7S/c1-3-13-38-20-8-5-18(6-9-20)27-26(28(34)19-7-12-23-24(16-19)40-15-14-39-23)29(35)30(36)33(27)31-32-22-11-10-21(37-4-2)17-25(22)41-31/h5-12,16-17,27,34H,3-4,13-15H2,1-2H3/b28-26+. The smallest absolute Gasteiger partial charge is 0.301 e. The van der Waals surface area contributed by atoms with E-state index in [1.54, 1.807) is 42.5 Å².